The van der Waals surface area contributed by atoms with Crippen LogP contribution in [0.3, 0.4) is 0 Å². The predicted molar refractivity (Wildman–Crippen MR) is 131 cm³/mol. The van der Waals surface area contributed by atoms with Gasteiger partial charge in [0.05, 0.1) is 54.4 Å². The van der Waals surface area contributed by atoms with Crippen LogP contribution in [0.2, 0.25) is 5.02 Å². The van der Waals surface area contributed by atoms with Crippen LogP contribution in [0, 0.1) is 5.92 Å². The Labute approximate surface area is 208 Å². The van der Waals surface area contributed by atoms with Gasteiger partial charge in [-0.15, -0.1) is 0 Å². The molecule has 9 nitrogen and oxygen atoms in total. The summed E-state index contributed by atoms with van der Waals surface area (Å²) in [6.45, 7) is 3.85. The summed E-state index contributed by atoms with van der Waals surface area (Å²) in [5.41, 5.74) is 4.20. The number of hydrogen-bond acceptors (Lipinski definition) is 5. The van der Waals surface area contributed by atoms with Gasteiger partial charge in [-0.05, 0) is 50.7 Å². The fourth-order valence-electron chi connectivity index (χ4n) is 5.64. The number of benzene rings is 1. The first-order valence-corrected chi connectivity index (χ1v) is 12.5. The number of carboxylic acids is 1. The molecule has 1 atom stereocenters. The van der Waals surface area contributed by atoms with Gasteiger partial charge in [0.1, 0.15) is 5.82 Å². The molecule has 0 unspecified atom stereocenters. The number of hydrogen-bond donors (Lipinski definition) is 1. The van der Waals surface area contributed by atoms with E-state index in [2.05, 4.69) is 28.7 Å². The van der Waals surface area contributed by atoms with Crippen LogP contribution in [0.1, 0.15) is 61.5 Å². The van der Waals surface area contributed by atoms with E-state index >= 15 is 0 Å². The van der Waals surface area contributed by atoms with Crippen molar-refractivity contribution in [1.29, 1.82) is 0 Å². The van der Waals surface area contributed by atoms with Crippen LogP contribution in [0.4, 0.5) is 4.79 Å². The van der Waals surface area contributed by atoms with Crippen molar-refractivity contribution in [2.75, 3.05) is 13.7 Å². The number of imidazole rings is 1. The molecule has 1 aromatic carbocycles. The molecule has 1 aliphatic heterocycles. The van der Waals surface area contributed by atoms with Gasteiger partial charge in [0.25, 0.3) is 0 Å². The lowest BCUT2D eigenvalue weighted by Gasteiger charge is -2.28. The van der Waals surface area contributed by atoms with Crippen LogP contribution in [0.25, 0.3) is 11.0 Å². The highest BCUT2D eigenvalue weighted by Crippen LogP contribution is 2.39. The number of halogens is 1. The number of carboxylic acid groups (broad SMARTS) is 1. The molecule has 2 aliphatic rings. The molecule has 0 bridgehead atoms. The number of carbonyl (C=O) groups excluding carboxylic acids is 1. The zero-order valence-electron chi connectivity index (χ0n) is 20.0. The molecule has 1 fully saturated rings. The summed E-state index contributed by atoms with van der Waals surface area (Å²) in [5.74, 6) is 0.169. The third-order valence-corrected chi connectivity index (χ3v) is 7.65. The van der Waals surface area contributed by atoms with E-state index in [1.54, 1.807) is 11.1 Å². The van der Waals surface area contributed by atoms with Gasteiger partial charge in [-0.2, -0.15) is 5.10 Å². The van der Waals surface area contributed by atoms with E-state index in [1.165, 1.54) is 12.7 Å². The SMILES string of the molecule is COC(=O)N1CCc2ccc3c(nc([C@H]4CC[C@@H](C(=O)O)CC4)n3[C@@H](C)Cn3cc(Cl)cn3)c2C1. The van der Waals surface area contributed by atoms with E-state index in [1.807, 2.05) is 10.9 Å². The number of rotatable bonds is 5. The normalized spacial score (nSPS) is 21.1. The van der Waals surface area contributed by atoms with Gasteiger partial charge in [0.2, 0.25) is 0 Å². The Bertz CT molecular complexity index is 1260. The number of methoxy groups -OCH3 is 1. The molecule has 1 saturated carbocycles. The van der Waals surface area contributed by atoms with Gasteiger partial charge in [0, 0.05) is 24.2 Å². The minimum absolute atomic E-state index is 0.0431. The average molecular weight is 500 g/mol. The molecule has 1 N–H and O–H groups in total. The van der Waals surface area contributed by atoms with E-state index in [-0.39, 0.29) is 24.0 Å². The molecule has 35 heavy (non-hydrogen) atoms. The number of nitrogens with zero attached hydrogens (tertiary/aromatic N) is 5. The highest BCUT2D eigenvalue weighted by molar-refractivity contribution is 6.30. The number of fused-ring (bicyclic) bond motifs is 3. The highest BCUT2D eigenvalue weighted by Gasteiger charge is 2.32. The first-order chi connectivity index (χ1) is 16.9. The van der Waals surface area contributed by atoms with Crippen molar-refractivity contribution in [2.45, 2.75) is 64.1 Å². The molecule has 1 aliphatic carbocycles. The van der Waals surface area contributed by atoms with Crippen LogP contribution in [0.15, 0.2) is 24.5 Å². The van der Waals surface area contributed by atoms with Gasteiger partial charge in [-0.25, -0.2) is 9.78 Å². The Kier molecular flexibility index (Phi) is 6.44. The molecule has 2 aromatic heterocycles. The largest absolute Gasteiger partial charge is 0.481 e. The molecule has 0 spiro atoms. The molecule has 0 saturated heterocycles. The second-order valence-electron chi connectivity index (χ2n) is 9.67. The van der Waals surface area contributed by atoms with Crippen molar-refractivity contribution in [3.63, 3.8) is 0 Å². The molecular weight excluding hydrogens is 470 g/mol. The first kappa shape index (κ1) is 23.7. The topological polar surface area (TPSA) is 102 Å². The second-order valence-corrected chi connectivity index (χ2v) is 10.1. The Morgan fingerprint density at radius 3 is 2.69 bits per heavy atom. The van der Waals surface area contributed by atoms with Crippen molar-refractivity contribution in [3.05, 3.63) is 46.5 Å². The maximum absolute atomic E-state index is 12.2. The molecule has 0 radical (unpaired) electrons. The summed E-state index contributed by atoms with van der Waals surface area (Å²) < 4.78 is 9.09. The molecule has 3 aromatic rings. The summed E-state index contributed by atoms with van der Waals surface area (Å²) in [6, 6.07) is 4.32. The monoisotopic (exact) mass is 499 g/mol. The smallest absolute Gasteiger partial charge is 0.409 e. The maximum atomic E-state index is 12.2. The van der Waals surface area contributed by atoms with Crippen LogP contribution in [-0.4, -0.2) is 55.1 Å². The minimum atomic E-state index is -0.710. The first-order valence-electron chi connectivity index (χ1n) is 12.1. The van der Waals surface area contributed by atoms with Gasteiger partial charge in [0.15, 0.2) is 0 Å². The summed E-state index contributed by atoms with van der Waals surface area (Å²) in [5, 5.41) is 14.4. The average Bonchev–Trinajstić information content (AvgIpc) is 3.46. The Balaban J connectivity index is 1.56. The number of aromatic nitrogens is 4. The van der Waals surface area contributed by atoms with Gasteiger partial charge in [-0.1, -0.05) is 17.7 Å². The number of amides is 1. The molecule has 1 amide bonds. The van der Waals surface area contributed by atoms with Crippen LogP contribution in [-0.2, 0) is 29.0 Å². The second kappa shape index (κ2) is 9.53. The quantitative estimate of drug-likeness (QED) is 0.549. The van der Waals surface area contributed by atoms with Crippen molar-refractivity contribution >= 4 is 34.7 Å². The lowest BCUT2D eigenvalue weighted by atomic mass is 9.81. The summed E-state index contributed by atoms with van der Waals surface area (Å²) in [6.07, 6.45) is 6.75. The highest BCUT2D eigenvalue weighted by atomic mass is 35.5. The van der Waals surface area contributed by atoms with Crippen molar-refractivity contribution in [2.24, 2.45) is 5.92 Å². The van der Waals surface area contributed by atoms with Crippen LogP contribution >= 0.6 is 11.6 Å². The van der Waals surface area contributed by atoms with E-state index in [0.717, 1.165) is 41.7 Å². The van der Waals surface area contributed by atoms with E-state index < -0.39 is 5.97 Å². The summed E-state index contributed by atoms with van der Waals surface area (Å²) >= 11 is 6.09. The van der Waals surface area contributed by atoms with Gasteiger partial charge < -0.3 is 19.3 Å². The Morgan fingerprint density at radius 2 is 2.03 bits per heavy atom. The molecule has 3 heterocycles. The van der Waals surface area contributed by atoms with E-state index in [0.29, 0.717) is 37.5 Å². The van der Waals surface area contributed by atoms with Crippen molar-refractivity contribution in [3.8, 4) is 0 Å². The Hall–Kier alpha value is -3.07. The van der Waals surface area contributed by atoms with E-state index in [9.17, 15) is 14.7 Å². The molecule has 10 heteroatoms. The third kappa shape index (κ3) is 4.49. The van der Waals surface area contributed by atoms with Gasteiger partial charge >= 0.3 is 12.1 Å². The number of ether oxygens (including phenoxy) is 1. The van der Waals surface area contributed by atoms with Crippen molar-refractivity contribution in [1.82, 2.24) is 24.2 Å². The standard InChI is InChI=1S/C25H30ClN5O4/c1-15(12-30-13-19(26)11-27-30)31-21-8-7-16-9-10-29(25(34)35-2)14-20(16)22(21)28-23(31)17-3-5-18(6-4-17)24(32)33/h7-8,11,13,15,17-18H,3-6,9-10,12,14H2,1-2H3,(H,32,33)/t15-,17-,18+/m0/s1. The van der Waals surface area contributed by atoms with E-state index in [4.69, 9.17) is 21.3 Å². The van der Waals surface area contributed by atoms with Crippen molar-refractivity contribution < 1.29 is 19.4 Å². The fourth-order valence-corrected chi connectivity index (χ4v) is 5.79. The van der Waals surface area contributed by atoms with Crippen LogP contribution in [0.5, 0.6) is 0 Å². The molecular formula is C25H30ClN5O4. The molecule has 5 rings (SSSR count). The predicted octanol–water partition coefficient (Wildman–Crippen LogP) is 4.63. The fraction of sp³-hybridized carbons (Fsp3) is 0.520. The summed E-state index contributed by atoms with van der Waals surface area (Å²) in [7, 11) is 1.40. The minimum Gasteiger partial charge on any atom is -0.481 e. The Morgan fingerprint density at radius 1 is 1.26 bits per heavy atom. The summed E-state index contributed by atoms with van der Waals surface area (Å²) in [4.78, 5) is 30.7. The third-order valence-electron chi connectivity index (χ3n) is 7.46. The molecule has 186 valence electrons. The van der Waals surface area contributed by atoms with Gasteiger partial charge in [-0.3, -0.25) is 9.48 Å². The lowest BCUT2D eigenvalue weighted by Crippen LogP contribution is -2.35. The lowest BCUT2D eigenvalue weighted by molar-refractivity contribution is -0.142. The number of carbonyl (C=O) groups is 2. The van der Waals surface area contributed by atoms with Crippen LogP contribution < -0.4 is 0 Å². The number of aliphatic carboxylic acids is 1. The zero-order valence-corrected chi connectivity index (χ0v) is 20.7. The maximum Gasteiger partial charge on any atom is 0.409 e. The zero-order chi connectivity index (χ0) is 24.7.